The van der Waals surface area contributed by atoms with Crippen molar-refractivity contribution in [1.82, 2.24) is 5.32 Å². The van der Waals surface area contributed by atoms with Crippen LogP contribution >= 0.6 is 0 Å². The van der Waals surface area contributed by atoms with E-state index in [1.54, 1.807) is 7.11 Å². The summed E-state index contributed by atoms with van der Waals surface area (Å²) in [6, 6.07) is 15.7. The van der Waals surface area contributed by atoms with Gasteiger partial charge in [-0.05, 0) is 36.4 Å². The summed E-state index contributed by atoms with van der Waals surface area (Å²) in [7, 11) is 1.64. The first-order chi connectivity index (χ1) is 10.8. The first-order valence-corrected chi connectivity index (χ1v) is 7.51. The van der Waals surface area contributed by atoms with Crippen molar-refractivity contribution in [1.29, 1.82) is 0 Å². The van der Waals surface area contributed by atoms with E-state index in [-0.39, 0.29) is 0 Å². The molecule has 0 spiro atoms. The van der Waals surface area contributed by atoms with Crippen LogP contribution in [-0.2, 0) is 6.54 Å². The minimum absolute atomic E-state index is 0.491. The highest BCUT2D eigenvalue weighted by molar-refractivity contribution is 5.32. The molecule has 118 valence electrons. The van der Waals surface area contributed by atoms with Crippen LogP contribution in [0.2, 0.25) is 0 Å². The first kappa shape index (κ1) is 16.2. The molecule has 0 radical (unpaired) electrons. The summed E-state index contributed by atoms with van der Waals surface area (Å²) < 4.78 is 16.5. The molecule has 0 atom stereocenters. The molecule has 0 aliphatic rings. The van der Waals surface area contributed by atoms with E-state index in [9.17, 15) is 0 Å². The monoisotopic (exact) mass is 301 g/mol. The summed E-state index contributed by atoms with van der Waals surface area (Å²) in [5.74, 6) is 2.43. The summed E-state index contributed by atoms with van der Waals surface area (Å²) >= 11 is 0. The van der Waals surface area contributed by atoms with E-state index >= 15 is 0 Å². The van der Waals surface area contributed by atoms with Gasteiger partial charge in [0.05, 0.1) is 7.11 Å². The molecule has 0 aliphatic heterocycles. The van der Waals surface area contributed by atoms with Gasteiger partial charge < -0.3 is 19.5 Å². The fourth-order valence-electron chi connectivity index (χ4n) is 2.02. The Hall–Kier alpha value is -2.20. The minimum atomic E-state index is 0.491. The molecule has 0 amide bonds. The summed E-state index contributed by atoms with van der Waals surface area (Å²) in [6.45, 7) is 4.90. The third kappa shape index (κ3) is 5.30. The topological polar surface area (TPSA) is 39.7 Å². The van der Waals surface area contributed by atoms with E-state index in [1.807, 2.05) is 42.5 Å². The standard InChI is InChI=1S/C18H23NO3/c1-3-19-14-15-6-4-8-17(12-15)21-10-11-22-18-9-5-7-16(13-18)20-2/h4-9,12-13,19H,3,10-11,14H2,1-2H3. The van der Waals surface area contributed by atoms with Gasteiger partial charge in [0, 0.05) is 12.6 Å². The van der Waals surface area contributed by atoms with Gasteiger partial charge in [0.25, 0.3) is 0 Å². The molecule has 0 heterocycles. The molecular weight excluding hydrogens is 278 g/mol. The molecule has 4 heteroatoms. The van der Waals surface area contributed by atoms with E-state index in [4.69, 9.17) is 14.2 Å². The molecule has 0 saturated carbocycles. The lowest BCUT2D eigenvalue weighted by Gasteiger charge is -2.10. The van der Waals surface area contributed by atoms with Crippen LogP contribution in [0.4, 0.5) is 0 Å². The van der Waals surface area contributed by atoms with Crippen LogP contribution in [0.25, 0.3) is 0 Å². The van der Waals surface area contributed by atoms with Gasteiger partial charge >= 0.3 is 0 Å². The Balaban J connectivity index is 1.76. The van der Waals surface area contributed by atoms with Crippen LogP contribution in [0.1, 0.15) is 12.5 Å². The van der Waals surface area contributed by atoms with Gasteiger partial charge in [0.15, 0.2) is 0 Å². The second-order valence-electron chi connectivity index (χ2n) is 4.80. The molecule has 0 fully saturated rings. The number of methoxy groups -OCH3 is 1. The third-order valence-electron chi connectivity index (χ3n) is 3.14. The van der Waals surface area contributed by atoms with Crippen molar-refractivity contribution in [3.8, 4) is 17.2 Å². The lowest BCUT2D eigenvalue weighted by atomic mass is 10.2. The van der Waals surface area contributed by atoms with Crippen molar-refractivity contribution >= 4 is 0 Å². The fourth-order valence-corrected chi connectivity index (χ4v) is 2.02. The highest BCUT2D eigenvalue weighted by Crippen LogP contribution is 2.19. The van der Waals surface area contributed by atoms with Gasteiger partial charge in [0.1, 0.15) is 30.5 Å². The normalized spacial score (nSPS) is 10.3. The Labute approximate surface area is 132 Å². The molecule has 2 aromatic rings. The Kier molecular flexibility index (Phi) is 6.58. The molecule has 0 aliphatic carbocycles. The average Bonchev–Trinajstić information content (AvgIpc) is 2.57. The molecule has 0 aromatic heterocycles. The predicted molar refractivity (Wildman–Crippen MR) is 87.8 cm³/mol. The summed E-state index contributed by atoms with van der Waals surface area (Å²) in [5.41, 5.74) is 1.22. The van der Waals surface area contributed by atoms with Gasteiger partial charge in [-0.15, -0.1) is 0 Å². The zero-order chi connectivity index (χ0) is 15.6. The van der Waals surface area contributed by atoms with Crippen LogP contribution in [0.5, 0.6) is 17.2 Å². The number of hydrogen-bond donors (Lipinski definition) is 1. The minimum Gasteiger partial charge on any atom is -0.497 e. The number of benzene rings is 2. The van der Waals surface area contributed by atoms with Crippen molar-refractivity contribution in [2.75, 3.05) is 26.9 Å². The second kappa shape index (κ2) is 8.95. The van der Waals surface area contributed by atoms with Crippen LogP contribution in [0, 0.1) is 0 Å². The zero-order valence-electron chi connectivity index (χ0n) is 13.2. The van der Waals surface area contributed by atoms with E-state index in [2.05, 4.69) is 18.3 Å². The molecule has 2 aromatic carbocycles. The van der Waals surface area contributed by atoms with Gasteiger partial charge in [-0.25, -0.2) is 0 Å². The predicted octanol–water partition coefficient (Wildman–Crippen LogP) is 3.26. The highest BCUT2D eigenvalue weighted by Gasteiger charge is 1.99. The number of hydrogen-bond acceptors (Lipinski definition) is 4. The maximum absolute atomic E-state index is 5.72. The van der Waals surface area contributed by atoms with Crippen molar-refractivity contribution in [3.63, 3.8) is 0 Å². The Morgan fingerprint density at radius 3 is 2.18 bits per heavy atom. The van der Waals surface area contributed by atoms with Crippen LogP contribution in [-0.4, -0.2) is 26.9 Å². The third-order valence-corrected chi connectivity index (χ3v) is 3.14. The smallest absolute Gasteiger partial charge is 0.123 e. The van der Waals surface area contributed by atoms with E-state index in [0.29, 0.717) is 13.2 Å². The number of rotatable bonds is 9. The number of nitrogens with one attached hydrogen (secondary N) is 1. The number of ether oxygens (including phenoxy) is 3. The van der Waals surface area contributed by atoms with Crippen LogP contribution in [0.3, 0.4) is 0 Å². The van der Waals surface area contributed by atoms with Gasteiger partial charge in [0.2, 0.25) is 0 Å². The Bertz CT molecular complexity index is 572. The largest absolute Gasteiger partial charge is 0.497 e. The van der Waals surface area contributed by atoms with Gasteiger partial charge in [-0.3, -0.25) is 0 Å². The Morgan fingerprint density at radius 1 is 0.864 bits per heavy atom. The van der Waals surface area contributed by atoms with E-state index < -0.39 is 0 Å². The van der Waals surface area contributed by atoms with Gasteiger partial charge in [-0.1, -0.05) is 25.1 Å². The molecule has 2 rings (SSSR count). The molecule has 1 N–H and O–H groups in total. The van der Waals surface area contributed by atoms with E-state index in [0.717, 1.165) is 30.3 Å². The molecule has 0 unspecified atom stereocenters. The highest BCUT2D eigenvalue weighted by atomic mass is 16.5. The quantitative estimate of drug-likeness (QED) is 0.722. The zero-order valence-corrected chi connectivity index (χ0v) is 13.2. The second-order valence-corrected chi connectivity index (χ2v) is 4.80. The van der Waals surface area contributed by atoms with Crippen LogP contribution < -0.4 is 19.5 Å². The molecule has 0 saturated heterocycles. The summed E-state index contributed by atoms with van der Waals surface area (Å²) in [6.07, 6.45) is 0. The molecular formula is C18H23NO3. The molecule has 0 bridgehead atoms. The fraction of sp³-hybridized carbons (Fsp3) is 0.333. The Morgan fingerprint density at radius 2 is 1.50 bits per heavy atom. The van der Waals surface area contributed by atoms with Crippen molar-refractivity contribution < 1.29 is 14.2 Å². The van der Waals surface area contributed by atoms with Crippen molar-refractivity contribution in [2.45, 2.75) is 13.5 Å². The molecule has 22 heavy (non-hydrogen) atoms. The van der Waals surface area contributed by atoms with E-state index in [1.165, 1.54) is 5.56 Å². The van der Waals surface area contributed by atoms with Gasteiger partial charge in [-0.2, -0.15) is 0 Å². The first-order valence-electron chi connectivity index (χ1n) is 7.51. The lowest BCUT2D eigenvalue weighted by molar-refractivity contribution is 0.216. The van der Waals surface area contributed by atoms with Crippen LogP contribution in [0.15, 0.2) is 48.5 Å². The summed E-state index contributed by atoms with van der Waals surface area (Å²) in [4.78, 5) is 0. The maximum Gasteiger partial charge on any atom is 0.123 e. The molecule has 4 nitrogen and oxygen atoms in total. The SMILES string of the molecule is CCNCc1cccc(OCCOc2cccc(OC)c2)c1. The maximum atomic E-state index is 5.72. The van der Waals surface area contributed by atoms with Crippen molar-refractivity contribution in [2.24, 2.45) is 0 Å². The summed E-state index contributed by atoms with van der Waals surface area (Å²) in [5, 5.41) is 3.30. The van der Waals surface area contributed by atoms with Crippen molar-refractivity contribution in [3.05, 3.63) is 54.1 Å². The lowest BCUT2D eigenvalue weighted by Crippen LogP contribution is -2.12. The average molecular weight is 301 g/mol.